The van der Waals surface area contributed by atoms with Crippen LogP contribution in [0.4, 0.5) is 0 Å². The second kappa shape index (κ2) is 16.8. The normalized spacial score (nSPS) is 11.5. The summed E-state index contributed by atoms with van der Waals surface area (Å²) in [7, 11) is -1.92. The van der Waals surface area contributed by atoms with Gasteiger partial charge in [0.05, 0.1) is 6.61 Å². The van der Waals surface area contributed by atoms with E-state index >= 15 is 0 Å². The van der Waals surface area contributed by atoms with Crippen LogP contribution >= 0.6 is 0 Å². The van der Waals surface area contributed by atoms with Gasteiger partial charge in [-0.1, -0.05) is 64.9 Å². The average molecular weight is 373 g/mol. The fraction of sp³-hybridized carbons (Fsp3) is 0.850. The Labute approximate surface area is 156 Å². The average Bonchev–Trinajstić information content (AvgIpc) is 2.62. The largest absolute Gasteiger partial charge is 0.463 e. The molecule has 0 aromatic rings. The Morgan fingerprint density at radius 3 is 1.76 bits per heavy atom. The first-order valence-electron chi connectivity index (χ1n) is 10.2. The summed E-state index contributed by atoms with van der Waals surface area (Å²) in [4.78, 5) is 10.9. The quantitative estimate of drug-likeness (QED) is 0.133. The highest BCUT2D eigenvalue weighted by Gasteiger charge is 2.33. The number of hydrogen-bond acceptors (Lipinski definition) is 4. The van der Waals surface area contributed by atoms with Crippen LogP contribution in [0.2, 0.25) is 12.1 Å². The van der Waals surface area contributed by atoms with Gasteiger partial charge in [-0.3, -0.25) is 0 Å². The molecule has 0 saturated carbocycles. The van der Waals surface area contributed by atoms with Crippen LogP contribution in [0.15, 0.2) is 12.7 Å². The van der Waals surface area contributed by atoms with Crippen LogP contribution in [-0.2, 0) is 18.4 Å². The molecule has 5 heteroatoms. The molecule has 25 heavy (non-hydrogen) atoms. The van der Waals surface area contributed by atoms with Gasteiger partial charge in [0.2, 0.25) is 0 Å². The Balaban J connectivity index is 3.51. The third kappa shape index (κ3) is 13.2. The summed E-state index contributed by atoms with van der Waals surface area (Å²) in [6.45, 7) is 11.8. The number of unbranched alkanes of at least 4 members (excludes halogenated alkanes) is 8. The molecule has 0 rings (SSSR count). The van der Waals surface area contributed by atoms with E-state index in [9.17, 15) is 4.79 Å². The summed E-state index contributed by atoms with van der Waals surface area (Å²) in [6, 6.07) is 2.19. The topological polar surface area (TPSA) is 44.8 Å². The molecule has 0 spiro atoms. The van der Waals surface area contributed by atoms with E-state index in [0.29, 0.717) is 6.61 Å². The van der Waals surface area contributed by atoms with E-state index in [4.69, 9.17) is 13.6 Å². The zero-order valence-electron chi connectivity index (χ0n) is 16.8. The van der Waals surface area contributed by atoms with Crippen molar-refractivity contribution in [3.05, 3.63) is 12.7 Å². The van der Waals surface area contributed by atoms with Crippen LogP contribution in [0.5, 0.6) is 0 Å². The lowest BCUT2D eigenvalue weighted by atomic mass is 10.1. The van der Waals surface area contributed by atoms with Crippen molar-refractivity contribution in [2.75, 3.05) is 19.8 Å². The second-order valence-electron chi connectivity index (χ2n) is 6.43. The van der Waals surface area contributed by atoms with Crippen LogP contribution in [0.25, 0.3) is 0 Å². The molecule has 0 saturated heterocycles. The molecule has 0 aromatic heterocycles. The Bertz CT molecular complexity index is 328. The maximum Gasteiger partial charge on any atom is 0.337 e. The lowest BCUT2D eigenvalue weighted by Crippen LogP contribution is -2.41. The smallest absolute Gasteiger partial charge is 0.337 e. The van der Waals surface area contributed by atoms with E-state index in [1.54, 1.807) is 0 Å². The third-order valence-electron chi connectivity index (χ3n) is 4.47. The summed E-state index contributed by atoms with van der Waals surface area (Å²) in [5.74, 6) is -0.316. The van der Waals surface area contributed by atoms with Gasteiger partial charge in [0.25, 0.3) is 0 Å². The SMILES string of the molecule is C=CC(=O)OCCCCCCCCCCC[Si](CC)(OCC)OCC. The summed E-state index contributed by atoms with van der Waals surface area (Å²) in [6.07, 6.45) is 12.3. The summed E-state index contributed by atoms with van der Waals surface area (Å²) in [5, 5.41) is 0. The van der Waals surface area contributed by atoms with Gasteiger partial charge in [-0.05, 0) is 32.4 Å². The van der Waals surface area contributed by atoms with Gasteiger partial charge in [0, 0.05) is 19.3 Å². The number of rotatable bonds is 18. The minimum Gasteiger partial charge on any atom is -0.463 e. The monoisotopic (exact) mass is 372 g/mol. The van der Waals surface area contributed by atoms with Crippen molar-refractivity contribution in [2.24, 2.45) is 0 Å². The van der Waals surface area contributed by atoms with Crippen molar-refractivity contribution >= 4 is 14.5 Å². The third-order valence-corrected chi connectivity index (χ3v) is 8.29. The maximum absolute atomic E-state index is 10.9. The van der Waals surface area contributed by atoms with Gasteiger partial charge in [-0.2, -0.15) is 0 Å². The molecular formula is C20H40O4Si. The molecule has 0 N–H and O–H groups in total. The molecule has 0 radical (unpaired) electrons. The fourth-order valence-electron chi connectivity index (χ4n) is 3.06. The fourth-order valence-corrected chi connectivity index (χ4v) is 6.03. The first-order chi connectivity index (χ1) is 12.1. The van der Waals surface area contributed by atoms with Gasteiger partial charge in [0.1, 0.15) is 0 Å². The Kier molecular flexibility index (Phi) is 16.4. The van der Waals surface area contributed by atoms with E-state index in [2.05, 4.69) is 27.4 Å². The zero-order valence-corrected chi connectivity index (χ0v) is 17.8. The van der Waals surface area contributed by atoms with E-state index in [-0.39, 0.29) is 5.97 Å². The molecule has 0 heterocycles. The standard InChI is InChI=1S/C20H40O4Si/c1-5-20(21)22-18-16-14-12-10-9-11-13-15-17-19-25(8-4,23-6-2)24-7-3/h5H,1,6-19H2,2-4H3. The number of carbonyl (C=O) groups is 1. The zero-order chi connectivity index (χ0) is 18.8. The molecule has 4 nitrogen and oxygen atoms in total. The molecule has 0 amide bonds. The molecule has 0 atom stereocenters. The van der Waals surface area contributed by atoms with Gasteiger partial charge in [-0.25, -0.2) is 4.79 Å². The molecular weight excluding hydrogens is 332 g/mol. The predicted molar refractivity (Wildman–Crippen MR) is 107 cm³/mol. The molecule has 0 aliphatic heterocycles. The molecule has 0 unspecified atom stereocenters. The van der Waals surface area contributed by atoms with Crippen LogP contribution < -0.4 is 0 Å². The Hall–Kier alpha value is -0.653. The highest BCUT2D eigenvalue weighted by molar-refractivity contribution is 6.67. The van der Waals surface area contributed by atoms with Gasteiger partial charge in [-0.15, -0.1) is 0 Å². The lowest BCUT2D eigenvalue weighted by molar-refractivity contribution is -0.137. The maximum atomic E-state index is 10.9. The molecule has 0 bridgehead atoms. The van der Waals surface area contributed by atoms with E-state index in [1.165, 1.54) is 51.0 Å². The Morgan fingerprint density at radius 2 is 1.32 bits per heavy atom. The van der Waals surface area contributed by atoms with E-state index in [0.717, 1.165) is 38.1 Å². The number of ether oxygens (including phenoxy) is 1. The first kappa shape index (κ1) is 24.3. The minimum atomic E-state index is -1.92. The van der Waals surface area contributed by atoms with Gasteiger partial charge in [0.15, 0.2) is 0 Å². The summed E-state index contributed by atoms with van der Waals surface area (Å²) < 4.78 is 17.0. The molecule has 0 aromatic carbocycles. The first-order valence-corrected chi connectivity index (χ1v) is 12.4. The molecule has 148 valence electrons. The number of carbonyl (C=O) groups excluding carboxylic acids is 1. The van der Waals surface area contributed by atoms with Crippen LogP contribution in [0, 0.1) is 0 Å². The molecule has 0 fully saturated rings. The summed E-state index contributed by atoms with van der Waals surface area (Å²) >= 11 is 0. The predicted octanol–water partition coefficient (Wildman–Crippen LogP) is 5.76. The van der Waals surface area contributed by atoms with Crippen molar-refractivity contribution in [3.8, 4) is 0 Å². The van der Waals surface area contributed by atoms with Crippen molar-refractivity contribution in [3.63, 3.8) is 0 Å². The van der Waals surface area contributed by atoms with E-state index < -0.39 is 8.56 Å². The minimum absolute atomic E-state index is 0.316. The summed E-state index contributed by atoms with van der Waals surface area (Å²) in [5.41, 5.74) is 0. The van der Waals surface area contributed by atoms with Crippen LogP contribution in [-0.4, -0.2) is 34.4 Å². The van der Waals surface area contributed by atoms with Gasteiger partial charge < -0.3 is 13.6 Å². The van der Waals surface area contributed by atoms with Gasteiger partial charge >= 0.3 is 14.5 Å². The Morgan fingerprint density at radius 1 is 0.840 bits per heavy atom. The molecule has 0 aliphatic rings. The van der Waals surface area contributed by atoms with Crippen molar-refractivity contribution < 1.29 is 18.4 Å². The van der Waals surface area contributed by atoms with E-state index in [1.807, 2.05) is 0 Å². The van der Waals surface area contributed by atoms with Crippen molar-refractivity contribution in [2.45, 2.75) is 90.6 Å². The van der Waals surface area contributed by atoms with Crippen LogP contribution in [0.1, 0.15) is 78.6 Å². The highest BCUT2D eigenvalue weighted by Crippen LogP contribution is 2.23. The lowest BCUT2D eigenvalue weighted by Gasteiger charge is -2.28. The second-order valence-corrected chi connectivity index (χ2v) is 10.0. The number of hydrogen-bond donors (Lipinski definition) is 0. The van der Waals surface area contributed by atoms with Crippen LogP contribution in [0.3, 0.4) is 0 Å². The number of esters is 1. The van der Waals surface area contributed by atoms with Crippen molar-refractivity contribution in [1.29, 1.82) is 0 Å². The molecule has 0 aliphatic carbocycles. The highest BCUT2D eigenvalue weighted by atomic mass is 28.4. The van der Waals surface area contributed by atoms with Crippen molar-refractivity contribution in [1.82, 2.24) is 0 Å².